The maximum atomic E-state index is 11.9. The molecule has 0 aromatic rings. The van der Waals surface area contributed by atoms with E-state index in [1.165, 1.54) is 0 Å². The van der Waals surface area contributed by atoms with Crippen LogP contribution in [0.3, 0.4) is 0 Å². The van der Waals surface area contributed by atoms with Crippen molar-refractivity contribution < 1.29 is 19.4 Å². The molecule has 0 aliphatic carbocycles. The average Bonchev–Trinajstić information content (AvgIpc) is 2.30. The van der Waals surface area contributed by atoms with Crippen LogP contribution in [0.2, 0.25) is 0 Å². The fraction of sp³-hybridized carbons (Fsp3) is 0.875. The molecule has 2 N–H and O–H groups in total. The number of unbranched alkanes of at least 4 members (excludes halogenated alkanes) is 3. The third-order valence-corrected chi connectivity index (χ3v) is 3.46. The normalized spacial score (nSPS) is 13.6. The smallest absolute Gasteiger partial charge is 0.407 e. The van der Waals surface area contributed by atoms with Crippen LogP contribution in [0.25, 0.3) is 0 Å². The van der Waals surface area contributed by atoms with Crippen molar-refractivity contribution in [2.45, 2.75) is 85.3 Å². The highest BCUT2D eigenvalue weighted by molar-refractivity contribution is 5.76. The van der Waals surface area contributed by atoms with Gasteiger partial charge in [-0.1, -0.05) is 32.6 Å². The highest BCUT2D eigenvalue weighted by atomic mass is 16.6. The molecule has 0 aliphatic rings. The van der Waals surface area contributed by atoms with Gasteiger partial charge < -0.3 is 15.2 Å². The Bertz CT molecular complexity index is 345. The molecule has 0 bridgehead atoms. The Morgan fingerprint density at radius 2 is 1.67 bits per heavy atom. The van der Waals surface area contributed by atoms with Crippen molar-refractivity contribution in [1.29, 1.82) is 0 Å². The summed E-state index contributed by atoms with van der Waals surface area (Å²) in [5.74, 6) is -0.918. The second-order valence-corrected chi connectivity index (χ2v) is 7.07. The molecule has 5 nitrogen and oxygen atoms in total. The van der Waals surface area contributed by atoms with E-state index in [-0.39, 0.29) is 0 Å². The van der Waals surface area contributed by atoms with Crippen molar-refractivity contribution >= 4 is 12.1 Å². The lowest BCUT2D eigenvalue weighted by Crippen LogP contribution is -2.50. The van der Waals surface area contributed by atoms with Gasteiger partial charge in [-0.25, -0.2) is 4.79 Å². The zero-order valence-corrected chi connectivity index (χ0v) is 14.3. The van der Waals surface area contributed by atoms with Gasteiger partial charge in [0.2, 0.25) is 0 Å². The fourth-order valence-corrected chi connectivity index (χ4v) is 1.99. The Morgan fingerprint density at radius 3 is 2.10 bits per heavy atom. The number of carbonyl (C=O) groups excluding carboxylic acids is 1. The van der Waals surface area contributed by atoms with Crippen molar-refractivity contribution in [2.24, 2.45) is 5.41 Å². The molecule has 0 aromatic carbocycles. The molecule has 1 atom stereocenters. The van der Waals surface area contributed by atoms with E-state index >= 15 is 0 Å². The number of hydrogen-bond acceptors (Lipinski definition) is 3. The molecule has 5 heteroatoms. The molecule has 0 heterocycles. The summed E-state index contributed by atoms with van der Waals surface area (Å²) in [6.45, 7) is 10.7. The van der Waals surface area contributed by atoms with Crippen LogP contribution in [0.5, 0.6) is 0 Å². The molecule has 0 fully saturated rings. The summed E-state index contributed by atoms with van der Waals surface area (Å²) in [5.41, 5.74) is -1.62. The van der Waals surface area contributed by atoms with E-state index in [0.29, 0.717) is 6.42 Å². The van der Waals surface area contributed by atoms with Crippen LogP contribution in [0.15, 0.2) is 0 Å². The number of nitrogens with one attached hydrogen (secondary N) is 1. The minimum Gasteiger partial charge on any atom is -0.481 e. The van der Waals surface area contributed by atoms with Gasteiger partial charge in [0.15, 0.2) is 0 Å². The highest BCUT2D eigenvalue weighted by Crippen LogP contribution is 2.26. The van der Waals surface area contributed by atoms with Crippen LogP contribution in [0, 0.1) is 5.41 Å². The van der Waals surface area contributed by atoms with Crippen LogP contribution in [-0.4, -0.2) is 28.8 Å². The van der Waals surface area contributed by atoms with Gasteiger partial charge in [0.1, 0.15) is 5.60 Å². The molecule has 0 saturated carbocycles. The van der Waals surface area contributed by atoms with Crippen molar-refractivity contribution in [2.75, 3.05) is 0 Å². The minimum absolute atomic E-state index is 0.443. The van der Waals surface area contributed by atoms with E-state index in [1.54, 1.807) is 34.6 Å². The number of aliphatic carboxylic acids is 1. The Hall–Kier alpha value is -1.26. The quantitative estimate of drug-likeness (QED) is 0.665. The third-order valence-electron chi connectivity index (χ3n) is 3.46. The molecule has 0 spiro atoms. The van der Waals surface area contributed by atoms with Crippen molar-refractivity contribution in [3.05, 3.63) is 0 Å². The maximum Gasteiger partial charge on any atom is 0.407 e. The van der Waals surface area contributed by atoms with Crippen LogP contribution in [-0.2, 0) is 9.53 Å². The largest absolute Gasteiger partial charge is 0.481 e. The van der Waals surface area contributed by atoms with Crippen molar-refractivity contribution in [3.63, 3.8) is 0 Å². The molecular formula is C16H31NO4. The summed E-state index contributed by atoms with van der Waals surface area (Å²) in [4.78, 5) is 23.3. The third kappa shape index (κ3) is 7.93. The SMILES string of the molecule is CCCCCC[C@H](NC(=O)OC(C)(C)C)C(C)(C)C(=O)O. The molecule has 0 unspecified atom stereocenters. The van der Waals surface area contributed by atoms with Gasteiger partial charge in [-0.3, -0.25) is 4.79 Å². The Balaban J connectivity index is 4.73. The van der Waals surface area contributed by atoms with Gasteiger partial charge in [0.25, 0.3) is 0 Å². The molecule has 1 amide bonds. The van der Waals surface area contributed by atoms with Crippen LogP contribution in [0.4, 0.5) is 4.79 Å². The van der Waals surface area contributed by atoms with Crippen LogP contribution in [0.1, 0.15) is 73.6 Å². The number of carboxylic acids is 1. The Labute approximate surface area is 128 Å². The summed E-state index contributed by atoms with van der Waals surface area (Å²) >= 11 is 0. The molecular weight excluding hydrogens is 270 g/mol. The highest BCUT2D eigenvalue weighted by Gasteiger charge is 2.38. The number of amides is 1. The predicted molar refractivity (Wildman–Crippen MR) is 83.3 cm³/mol. The first kappa shape index (κ1) is 19.7. The minimum atomic E-state index is -1.02. The second-order valence-electron chi connectivity index (χ2n) is 7.07. The predicted octanol–water partition coefficient (Wildman–Crippen LogP) is 3.96. The van der Waals surface area contributed by atoms with Gasteiger partial charge in [-0.05, 0) is 41.0 Å². The summed E-state index contributed by atoms with van der Waals surface area (Å²) in [7, 11) is 0. The summed E-state index contributed by atoms with van der Waals surface area (Å²) in [5, 5.41) is 12.1. The van der Waals surface area contributed by atoms with E-state index in [0.717, 1.165) is 25.7 Å². The van der Waals surface area contributed by atoms with E-state index < -0.39 is 29.1 Å². The van der Waals surface area contributed by atoms with Gasteiger partial charge in [-0.15, -0.1) is 0 Å². The van der Waals surface area contributed by atoms with E-state index in [9.17, 15) is 14.7 Å². The number of alkyl carbamates (subject to hydrolysis) is 1. The topological polar surface area (TPSA) is 75.6 Å². The van der Waals surface area contributed by atoms with Crippen LogP contribution >= 0.6 is 0 Å². The first-order valence-corrected chi connectivity index (χ1v) is 7.73. The van der Waals surface area contributed by atoms with E-state index in [4.69, 9.17) is 4.74 Å². The lowest BCUT2D eigenvalue weighted by molar-refractivity contribution is -0.148. The van der Waals surface area contributed by atoms with Crippen molar-refractivity contribution in [3.8, 4) is 0 Å². The van der Waals surface area contributed by atoms with E-state index in [1.807, 2.05) is 0 Å². The Morgan fingerprint density at radius 1 is 1.10 bits per heavy atom. The number of carboxylic acid groups (broad SMARTS) is 1. The standard InChI is InChI=1S/C16H31NO4/c1-7-8-9-10-11-12(16(5,6)13(18)19)17-14(20)21-15(2,3)4/h12H,7-11H2,1-6H3,(H,17,20)(H,18,19)/t12-/m0/s1. The number of ether oxygens (including phenoxy) is 1. The van der Waals surface area contributed by atoms with Crippen molar-refractivity contribution in [1.82, 2.24) is 5.32 Å². The summed E-state index contributed by atoms with van der Waals surface area (Å²) < 4.78 is 5.23. The second kappa shape index (κ2) is 8.25. The molecule has 0 aromatic heterocycles. The number of rotatable bonds is 8. The van der Waals surface area contributed by atoms with Gasteiger partial charge in [-0.2, -0.15) is 0 Å². The van der Waals surface area contributed by atoms with E-state index in [2.05, 4.69) is 12.2 Å². The number of carbonyl (C=O) groups is 2. The fourth-order valence-electron chi connectivity index (χ4n) is 1.99. The summed E-state index contributed by atoms with van der Waals surface area (Å²) in [6.07, 6.45) is 4.25. The molecule has 124 valence electrons. The van der Waals surface area contributed by atoms with Gasteiger partial charge in [0, 0.05) is 6.04 Å². The first-order valence-electron chi connectivity index (χ1n) is 7.73. The molecule has 0 aliphatic heterocycles. The first-order chi connectivity index (χ1) is 9.50. The number of hydrogen-bond donors (Lipinski definition) is 2. The molecule has 21 heavy (non-hydrogen) atoms. The molecule has 0 saturated heterocycles. The van der Waals surface area contributed by atoms with Gasteiger partial charge in [0.05, 0.1) is 5.41 Å². The van der Waals surface area contributed by atoms with Crippen LogP contribution < -0.4 is 5.32 Å². The Kier molecular flexibility index (Phi) is 7.75. The molecule has 0 rings (SSSR count). The lowest BCUT2D eigenvalue weighted by atomic mass is 9.81. The average molecular weight is 301 g/mol. The summed E-state index contributed by atoms with van der Waals surface area (Å²) in [6, 6.07) is -0.443. The lowest BCUT2D eigenvalue weighted by Gasteiger charge is -2.32. The maximum absolute atomic E-state index is 11.9. The molecule has 0 radical (unpaired) electrons. The zero-order valence-electron chi connectivity index (χ0n) is 14.3. The monoisotopic (exact) mass is 301 g/mol. The zero-order chi connectivity index (χ0) is 16.7. The van der Waals surface area contributed by atoms with Gasteiger partial charge >= 0.3 is 12.1 Å².